The Balaban J connectivity index is 1.43. The molecular formula is C21H21N5S2. The number of thiazole rings is 1. The van der Waals surface area contributed by atoms with Gasteiger partial charge < -0.3 is 0 Å². The lowest BCUT2D eigenvalue weighted by Crippen LogP contribution is -2.35. The van der Waals surface area contributed by atoms with Crippen LogP contribution in [0.25, 0.3) is 21.6 Å². The van der Waals surface area contributed by atoms with Crippen molar-refractivity contribution in [2.45, 2.75) is 32.0 Å². The summed E-state index contributed by atoms with van der Waals surface area (Å²) in [7, 11) is 0. The Kier molecular flexibility index (Phi) is 4.80. The fourth-order valence-corrected chi connectivity index (χ4v) is 5.16. The van der Waals surface area contributed by atoms with Crippen LogP contribution in [0.4, 0.5) is 0 Å². The number of nitrogens with one attached hydrogen (secondary N) is 1. The number of aromatic amines is 1. The molecule has 28 heavy (non-hydrogen) atoms. The summed E-state index contributed by atoms with van der Waals surface area (Å²) in [5, 5.41) is 4.59. The molecule has 2 aromatic carbocycles. The number of aromatic nitrogens is 4. The van der Waals surface area contributed by atoms with E-state index in [1.807, 2.05) is 46.4 Å². The number of nitrogens with zero attached hydrogens (tertiary/aromatic N) is 4. The zero-order chi connectivity index (χ0) is 18.9. The van der Waals surface area contributed by atoms with Crippen molar-refractivity contribution in [3.8, 4) is 11.4 Å². The van der Waals surface area contributed by atoms with Crippen LogP contribution in [0, 0.1) is 4.77 Å². The molecule has 3 heterocycles. The number of likely N-dealkylation sites (tertiary alicyclic amines) is 1. The van der Waals surface area contributed by atoms with E-state index in [9.17, 15) is 0 Å². The summed E-state index contributed by atoms with van der Waals surface area (Å²) in [4.78, 5) is 12.0. The molecule has 0 spiro atoms. The number of hydrogen-bond donors (Lipinski definition) is 1. The molecule has 1 fully saturated rings. The van der Waals surface area contributed by atoms with Crippen LogP contribution >= 0.6 is 23.6 Å². The first kappa shape index (κ1) is 17.7. The number of para-hydroxylation sites is 1. The van der Waals surface area contributed by atoms with Gasteiger partial charge in [-0.05, 0) is 37.2 Å². The van der Waals surface area contributed by atoms with E-state index in [0.717, 1.165) is 29.9 Å². The Hall–Kier alpha value is -2.35. The summed E-state index contributed by atoms with van der Waals surface area (Å²) in [6, 6.07) is 18.8. The molecule has 1 aliphatic rings. The Morgan fingerprint density at radius 1 is 1.04 bits per heavy atom. The van der Waals surface area contributed by atoms with Crippen LogP contribution in [0.15, 0.2) is 54.6 Å². The number of rotatable bonds is 4. The lowest BCUT2D eigenvalue weighted by atomic mass is 10.0. The smallest absolute Gasteiger partial charge is 0.217 e. The quantitative estimate of drug-likeness (QED) is 0.460. The van der Waals surface area contributed by atoms with Gasteiger partial charge in [0.15, 0.2) is 5.82 Å². The summed E-state index contributed by atoms with van der Waals surface area (Å²) in [6.45, 7) is 1.75. The van der Waals surface area contributed by atoms with E-state index < -0.39 is 0 Å². The van der Waals surface area contributed by atoms with E-state index in [1.165, 1.54) is 22.5 Å². The normalized spacial score (nSPS) is 17.9. The fourth-order valence-electron chi connectivity index (χ4n) is 3.83. The van der Waals surface area contributed by atoms with Gasteiger partial charge in [0.1, 0.15) is 5.01 Å². The van der Waals surface area contributed by atoms with E-state index >= 15 is 0 Å². The van der Waals surface area contributed by atoms with Crippen molar-refractivity contribution in [3.63, 3.8) is 0 Å². The highest BCUT2D eigenvalue weighted by Crippen LogP contribution is 2.35. The molecule has 5 nitrogen and oxygen atoms in total. The maximum Gasteiger partial charge on any atom is 0.217 e. The van der Waals surface area contributed by atoms with Crippen LogP contribution in [0.5, 0.6) is 0 Å². The molecule has 1 atom stereocenters. The second kappa shape index (κ2) is 7.58. The molecule has 0 bridgehead atoms. The molecule has 1 aliphatic heterocycles. The first-order valence-corrected chi connectivity index (χ1v) is 10.8. The third-order valence-corrected chi connectivity index (χ3v) is 6.71. The standard InChI is InChI=1S/C21H21N5S2/c27-21-23-19(15-8-2-1-3-9-15)24-26(21)14-25-13-7-6-11-17(25)20-22-16-10-4-5-12-18(16)28-20/h1-5,8-10,12,17H,6-7,11,13-14H2,(H,23,24,27). The molecule has 1 unspecified atom stereocenters. The van der Waals surface area contributed by atoms with E-state index in [4.69, 9.17) is 17.2 Å². The molecule has 5 rings (SSSR count). The van der Waals surface area contributed by atoms with E-state index in [2.05, 4.69) is 39.2 Å². The van der Waals surface area contributed by atoms with Gasteiger partial charge in [0.2, 0.25) is 4.77 Å². The summed E-state index contributed by atoms with van der Waals surface area (Å²) in [6.07, 6.45) is 3.57. The van der Waals surface area contributed by atoms with E-state index in [-0.39, 0.29) is 0 Å². The number of piperidine rings is 1. The Morgan fingerprint density at radius 3 is 2.71 bits per heavy atom. The van der Waals surface area contributed by atoms with Crippen molar-refractivity contribution in [1.82, 2.24) is 24.6 Å². The van der Waals surface area contributed by atoms with Crippen LogP contribution in [0.3, 0.4) is 0 Å². The van der Waals surface area contributed by atoms with Gasteiger partial charge in [0.25, 0.3) is 0 Å². The maximum absolute atomic E-state index is 5.53. The van der Waals surface area contributed by atoms with Gasteiger partial charge in [-0.3, -0.25) is 10.00 Å². The highest BCUT2D eigenvalue weighted by molar-refractivity contribution is 7.71. The number of hydrogen-bond acceptors (Lipinski definition) is 5. The minimum atomic E-state index is 0.330. The minimum Gasteiger partial charge on any atom is -0.278 e. The van der Waals surface area contributed by atoms with Gasteiger partial charge >= 0.3 is 0 Å². The average Bonchev–Trinajstić information content (AvgIpc) is 3.33. The van der Waals surface area contributed by atoms with Crippen LogP contribution in [-0.4, -0.2) is 31.2 Å². The average molecular weight is 408 g/mol. The lowest BCUT2D eigenvalue weighted by Gasteiger charge is -2.34. The maximum atomic E-state index is 5.53. The lowest BCUT2D eigenvalue weighted by molar-refractivity contribution is 0.103. The zero-order valence-corrected chi connectivity index (χ0v) is 17.0. The monoisotopic (exact) mass is 407 g/mol. The summed E-state index contributed by atoms with van der Waals surface area (Å²) < 4.78 is 3.82. The second-order valence-corrected chi connectivity index (χ2v) is 8.56. The number of fused-ring (bicyclic) bond motifs is 1. The van der Waals surface area contributed by atoms with Gasteiger partial charge in [0.05, 0.1) is 22.9 Å². The van der Waals surface area contributed by atoms with Crippen LogP contribution < -0.4 is 0 Å². The van der Waals surface area contributed by atoms with Crippen molar-refractivity contribution >= 4 is 33.8 Å². The van der Waals surface area contributed by atoms with Crippen LogP contribution in [0.1, 0.15) is 30.3 Å². The van der Waals surface area contributed by atoms with Crippen molar-refractivity contribution in [3.05, 3.63) is 64.4 Å². The highest BCUT2D eigenvalue weighted by Gasteiger charge is 2.27. The largest absolute Gasteiger partial charge is 0.278 e. The second-order valence-electron chi connectivity index (χ2n) is 7.13. The molecule has 4 aromatic rings. The molecule has 142 valence electrons. The van der Waals surface area contributed by atoms with Gasteiger partial charge in [-0.15, -0.1) is 11.3 Å². The van der Waals surface area contributed by atoms with E-state index in [0.29, 0.717) is 17.5 Å². The van der Waals surface area contributed by atoms with Gasteiger partial charge in [-0.1, -0.05) is 48.9 Å². The van der Waals surface area contributed by atoms with Crippen molar-refractivity contribution in [2.75, 3.05) is 6.54 Å². The third-order valence-electron chi connectivity index (χ3n) is 5.26. The van der Waals surface area contributed by atoms with Crippen LogP contribution in [0.2, 0.25) is 0 Å². The first-order valence-electron chi connectivity index (χ1n) is 9.60. The zero-order valence-electron chi connectivity index (χ0n) is 15.4. The molecule has 0 amide bonds. The molecule has 2 aromatic heterocycles. The van der Waals surface area contributed by atoms with Crippen molar-refractivity contribution in [1.29, 1.82) is 0 Å². The molecular weight excluding hydrogens is 386 g/mol. The van der Waals surface area contributed by atoms with Gasteiger partial charge in [0, 0.05) is 12.1 Å². The fraction of sp³-hybridized carbons (Fsp3) is 0.286. The van der Waals surface area contributed by atoms with Gasteiger partial charge in [-0.25, -0.2) is 9.67 Å². The first-order chi connectivity index (χ1) is 13.8. The molecule has 0 saturated carbocycles. The molecule has 0 radical (unpaired) electrons. The van der Waals surface area contributed by atoms with Crippen LogP contribution in [-0.2, 0) is 6.67 Å². The predicted molar refractivity (Wildman–Crippen MR) is 116 cm³/mol. The SMILES string of the molecule is S=c1nc(-c2ccccc2)[nH]n1CN1CCCCC1c1nc2ccccc2s1. The highest BCUT2D eigenvalue weighted by atomic mass is 32.1. The Labute approximate surface area is 172 Å². The van der Waals surface area contributed by atoms with Crippen molar-refractivity contribution < 1.29 is 0 Å². The molecule has 0 aliphatic carbocycles. The minimum absolute atomic E-state index is 0.330. The Morgan fingerprint density at radius 2 is 1.86 bits per heavy atom. The Bertz CT molecular complexity index is 1110. The molecule has 7 heteroatoms. The van der Waals surface area contributed by atoms with Gasteiger partial charge in [-0.2, -0.15) is 4.98 Å². The number of H-pyrrole nitrogens is 1. The number of benzene rings is 2. The summed E-state index contributed by atoms with van der Waals surface area (Å²) >= 11 is 7.34. The third kappa shape index (κ3) is 3.41. The summed E-state index contributed by atoms with van der Waals surface area (Å²) in [5.41, 5.74) is 2.14. The summed E-state index contributed by atoms with van der Waals surface area (Å²) in [5.74, 6) is 0.819. The predicted octanol–water partition coefficient (Wildman–Crippen LogP) is 5.40. The van der Waals surface area contributed by atoms with Crippen molar-refractivity contribution in [2.24, 2.45) is 0 Å². The molecule has 1 N–H and O–H groups in total. The molecule has 1 saturated heterocycles. The van der Waals surface area contributed by atoms with E-state index in [1.54, 1.807) is 0 Å². The topological polar surface area (TPSA) is 49.7 Å².